The number of carbonyl (C=O) groups excluding carboxylic acids is 4. The highest BCUT2D eigenvalue weighted by Crippen LogP contribution is 2.51. The number of nitrogens with one attached hydrogen (secondary N) is 2. The van der Waals surface area contributed by atoms with Crippen LogP contribution in [0.2, 0.25) is 10.0 Å². The molecular formula is C64H79Cl3F2IN13O7. The third kappa shape index (κ3) is 17.1. The summed E-state index contributed by atoms with van der Waals surface area (Å²) in [6.07, 6.45) is 13.6. The highest BCUT2D eigenvalue weighted by molar-refractivity contribution is 14.1. The van der Waals surface area contributed by atoms with Crippen LogP contribution in [-0.2, 0) is 48.7 Å². The minimum absolute atomic E-state index is 0. The van der Waals surface area contributed by atoms with Crippen molar-refractivity contribution in [1.29, 1.82) is 0 Å². The molecule has 8 heterocycles. The average molecular weight is 1410 g/mol. The van der Waals surface area contributed by atoms with Gasteiger partial charge in [0.1, 0.15) is 28.6 Å². The van der Waals surface area contributed by atoms with Crippen molar-refractivity contribution in [3.63, 3.8) is 0 Å². The van der Waals surface area contributed by atoms with Gasteiger partial charge in [0.15, 0.2) is 0 Å². The van der Waals surface area contributed by atoms with Crippen LogP contribution in [0.4, 0.5) is 50.7 Å². The van der Waals surface area contributed by atoms with Crippen LogP contribution in [0.3, 0.4) is 0 Å². The summed E-state index contributed by atoms with van der Waals surface area (Å²) < 4.78 is 49.1. The molecule has 6 atom stereocenters. The smallest absolute Gasteiger partial charge is 0.417 e. The second kappa shape index (κ2) is 28.1. The molecule has 3 aromatic heterocycles. The van der Waals surface area contributed by atoms with Gasteiger partial charge in [-0.3, -0.25) is 19.4 Å². The quantitative estimate of drug-likeness (QED) is 0.156. The largest absolute Gasteiger partial charge is 0.444 e. The molecule has 0 bridgehead atoms. The maximum Gasteiger partial charge on any atom is 0.417 e. The number of anilines is 4. The molecule has 6 unspecified atom stereocenters. The van der Waals surface area contributed by atoms with Crippen LogP contribution in [-0.4, -0.2) is 125 Å². The zero-order valence-electron chi connectivity index (χ0n) is 51.6. The van der Waals surface area contributed by atoms with E-state index in [1.54, 1.807) is 58.2 Å². The minimum atomic E-state index is -0.663. The van der Waals surface area contributed by atoms with Crippen molar-refractivity contribution in [3.05, 3.63) is 128 Å². The van der Waals surface area contributed by atoms with Gasteiger partial charge in [0.2, 0.25) is 0 Å². The summed E-state index contributed by atoms with van der Waals surface area (Å²) in [5.74, 6) is 5.27. The molecule has 4 saturated carbocycles. The van der Waals surface area contributed by atoms with Gasteiger partial charge in [-0.2, -0.15) is 15.3 Å². The molecule has 2 saturated heterocycles. The van der Waals surface area contributed by atoms with Gasteiger partial charge in [-0.1, -0.05) is 60.7 Å². The van der Waals surface area contributed by atoms with Crippen LogP contribution in [0.25, 0.3) is 0 Å². The molecule has 9 aliphatic rings. The second-order valence-electron chi connectivity index (χ2n) is 26.3. The Kier molecular flexibility index (Phi) is 20.7. The van der Waals surface area contributed by atoms with E-state index in [4.69, 9.17) is 37.4 Å². The number of halogens is 6. The summed E-state index contributed by atoms with van der Waals surface area (Å²) in [5, 5.41) is 18.4. The number of ether oxygens (including phenoxy) is 3. The van der Waals surface area contributed by atoms with Crippen LogP contribution in [0.5, 0.6) is 5.75 Å². The van der Waals surface area contributed by atoms with E-state index in [0.717, 1.165) is 89.3 Å². The Balaban J connectivity index is 0.000000129. The molecule has 3 aromatic carbocycles. The molecule has 4 aliphatic carbocycles. The molecular weight excluding hydrogens is 1330 g/mol. The summed E-state index contributed by atoms with van der Waals surface area (Å²) >= 11 is 13.6. The van der Waals surface area contributed by atoms with Gasteiger partial charge in [0.25, 0.3) is 0 Å². The third-order valence-corrected chi connectivity index (χ3v) is 18.7. The van der Waals surface area contributed by atoms with Crippen LogP contribution in [0.1, 0.15) is 97.1 Å². The first-order chi connectivity index (χ1) is 42.5. The van der Waals surface area contributed by atoms with E-state index in [0.29, 0.717) is 62.9 Å². The number of rotatable bonds is 5. The Labute approximate surface area is 553 Å². The Bertz CT molecular complexity index is 3520. The fourth-order valence-corrected chi connectivity index (χ4v) is 13.2. The van der Waals surface area contributed by atoms with Crippen LogP contribution in [0, 0.1) is 50.7 Å². The molecule has 90 heavy (non-hydrogen) atoms. The van der Waals surface area contributed by atoms with Gasteiger partial charge in [-0.15, -0.1) is 12.4 Å². The zero-order valence-corrected chi connectivity index (χ0v) is 56.0. The van der Waals surface area contributed by atoms with Crippen molar-refractivity contribution in [2.45, 2.75) is 131 Å². The first-order valence-electron chi connectivity index (χ1n) is 30.7. The van der Waals surface area contributed by atoms with E-state index in [1.165, 1.54) is 73.2 Å². The molecule has 484 valence electrons. The summed E-state index contributed by atoms with van der Waals surface area (Å²) in [6, 6.07) is 16.4. The average Bonchev–Trinajstić information content (AvgIpc) is 1.62. The summed E-state index contributed by atoms with van der Waals surface area (Å²) in [5.41, 5.74) is 5.64. The summed E-state index contributed by atoms with van der Waals surface area (Å²) in [4.78, 5) is 58.5. The molecule has 0 radical (unpaired) electrons. The van der Waals surface area contributed by atoms with E-state index in [1.807, 2.05) is 80.2 Å². The van der Waals surface area contributed by atoms with Gasteiger partial charge in [-0.25, -0.2) is 28.0 Å². The van der Waals surface area contributed by atoms with Crippen molar-refractivity contribution in [2.24, 2.45) is 35.5 Å². The lowest BCUT2D eigenvalue weighted by molar-refractivity contribution is 0.0184. The predicted molar refractivity (Wildman–Crippen MR) is 351 cm³/mol. The number of hydrogen-bond acceptors (Lipinski definition) is 12. The maximum absolute atomic E-state index is 13.3. The Morgan fingerprint density at radius 3 is 1.42 bits per heavy atom. The van der Waals surface area contributed by atoms with E-state index < -0.39 is 28.9 Å². The molecule has 0 spiro atoms. The lowest BCUT2D eigenvalue weighted by Gasteiger charge is -2.31. The molecule has 2 N–H and O–H groups in total. The van der Waals surface area contributed by atoms with E-state index >= 15 is 0 Å². The predicted octanol–water partition coefficient (Wildman–Crippen LogP) is 13.8. The zero-order chi connectivity index (χ0) is 62.9. The second-order valence-corrected chi connectivity index (χ2v) is 28.3. The topological polar surface area (TPSA) is 190 Å². The highest BCUT2D eigenvalue weighted by atomic mass is 127. The minimum Gasteiger partial charge on any atom is -0.444 e. The number of hydrogen-bond donors (Lipinski definition) is 2. The standard InChI is InChI=1S/C18H19ClFN5O.C16H24N4O2.C13H9ClFNO2.C11H16IN3O2.C6H10.ClH/c19-14-6-13(1-2-15(14)20)22-18(26)23-3-4-25-17(10-23)16(7-21-25)24-8-11-5-12(11)9-24;1-16(2,3)22-15(21)18-4-5-20-14(10-18)13(7-17-20)19-8-11-6-12(11)9-19;14-11-8-9(6-7-12(11)15)16-13(17)18-10-4-2-1-3-5-10;1-11(2,3)17-10(16)14-4-5-15-9(7-14)8(12)6-13-15;1-2-5-4-6(5)3-1;/h1-2,6-7,11-12H,3-5,8-10H2,(H,22,26);7,11-12H,4-6,8-10H2,1-3H3;1-8H,(H,16,17);6H,4-5,7H2,1-3H3;5-6H,1-4H2;1H. The van der Waals surface area contributed by atoms with E-state index in [9.17, 15) is 28.0 Å². The number of aromatic nitrogens is 6. The Hall–Kier alpha value is -6.57. The highest BCUT2D eigenvalue weighted by Gasteiger charge is 2.47. The van der Waals surface area contributed by atoms with Crippen molar-refractivity contribution in [2.75, 3.05) is 66.2 Å². The number of carbonyl (C=O) groups is 4. The normalized spacial score (nSPS) is 21.7. The molecule has 5 aliphatic heterocycles. The van der Waals surface area contributed by atoms with Crippen molar-refractivity contribution in [3.8, 4) is 5.75 Å². The molecule has 20 nitrogen and oxygen atoms in total. The van der Waals surface area contributed by atoms with E-state index in [2.05, 4.69) is 58.3 Å². The molecule has 26 heteroatoms. The van der Waals surface area contributed by atoms with Crippen molar-refractivity contribution in [1.82, 2.24) is 44.0 Å². The maximum atomic E-state index is 13.3. The van der Waals surface area contributed by atoms with Crippen molar-refractivity contribution < 1.29 is 42.2 Å². The first kappa shape index (κ1) is 66.4. The fourth-order valence-electron chi connectivity index (χ4n) is 12.3. The Morgan fingerprint density at radius 2 is 0.978 bits per heavy atom. The van der Waals surface area contributed by atoms with E-state index in [-0.39, 0.29) is 40.7 Å². The summed E-state index contributed by atoms with van der Waals surface area (Å²) in [7, 11) is 0. The molecule has 6 fully saturated rings. The number of benzene rings is 3. The van der Waals surface area contributed by atoms with Crippen LogP contribution < -0.4 is 25.2 Å². The van der Waals surface area contributed by atoms with Gasteiger partial charge >= 0.3 is 24.3 Å². The monoisotopic (exact) mass is 1410 g/mol. The van der Waals surface area contributed by atoms with Gasteiger partial charge in [0, 0.05) is 57.2 Å². The number of piperidine rings is 2. The van der Waals surface area contributed by atoms with Crippen molar-refractivity contribution >= 4 is 105 Å². The number of urea groups is 1. The SMILES string of the molecule is C1CC2CC2C1.CC(C)(C)OC(=O)N1CCn2ncc(I)c2C1.CC(C)(C)OC(=O)N1CCn2ncc(N3CC4CC4C3)c2C1.Cl.O=C(Nc1ccc(F)c(Cl)c1)N1CCn2ncc(N3CC4CC4C3)c2C1.O=C(Nc1ccc(F)c(Cl)c1)Oc1ccccc1. The van der Waals surface area contributed by atoms with Gasteiger partial charge < -0.3 is 44.0 Å². The number of nitrogens with zero attached hydrogens (tertiary/aromatic N) is 11. The molecule has 15 rings (SSSR count). The number of para-hydroxylation sites is 1. The van der Waals surface area contributed by atoms with Gasteiger partial charge in [0.05, 0.1) is 99.9 Å². The fraction of sp³-hybridized carbons (Fsp3) is 0.516. The summed E-state index contributed by atoms with van der Waals surface area (Å²) in [6.45, 7) is 21.6. The number of fused-ring (bicyclic) bond motifs is 6. The molecule has 6 aromatic rings. The van der Waals surface area contributed by atoms with Crippen LogP contribution >= 0.6 is 58.2 Å². The number of amides is 5. The van der Waals surface area contributed by atoms with Crippen LogP contribution in [0.15, 0.2) is 85.3 Å². The lowest BCUT2D eigenvalue weighted by atomic mass is 10.2. The first-order valence-corrected chi connectivity index (χ1v) is 32.6. The lowest BCUT2D eigenvalue weighted by Crippen LogP contribution is -2.42. The Morgan fingerprint density at radius 1 is 0.556 bits per heavy atom. The molecule has 5 amide bonds. The van der Waals surface area contributed by atoms with Gasteiger partial charge in [-0.05, 0) is 167 Å². The third-order valence-electron chi connectivity index (χ3n) is 17.3.